The van der Waals surface area contributed by atoms with Crippen LogP contribution >= 0.6 is 0 Å². The van der Waals surface area contributed by atoms with Gasteiger partial charge in [-0.3, -0.25) is 11.3 Å². The third-order valence-corrected chi connectivity index (χ3v) is 4.31. The third kappa shape index (κ3) is 2.17. The summed E-state index contributed by atoms with van der Waals surface area (Å²) in [5.41, 5.74) is 4.58. The number of nitrogens with one attached hydrogen (secondary N) is 1. The number of hydrazine groups is 1. The van der Waals surface area contributed by atoms with Gasteiger partial charge in [-0.05, 0) is 18.4 Å². The molecule has 0 amide bonds. The lowest BCUT2D eigenvalue weighted by atomic mass is 9.86. The van der Waals surface area contributed by atoms with Crippen LogP contribution in [-0.2, 0) is 18.9 Å². The van der Waals surface area contributed by atoms with Crippen LogP contribution in [0.2, 0.25) is 0 Å². The molecular formula is C15H20N4. The lowest BCUT2D eigenvalue weighted by molar-refractivity contribution is 0.410. The molecule has 3 rings (SSSR count). The van der Waals surface area contributed by atoms with Gasteiger partial charge in [0.1, 0.15) is 5.82 Å². The fourth-order valence-corrected chi connectivity index (χ4v) is 2.93. The summed E-state index contributed by atoms with van der Waals surface area (Å²) in [6.45, 7) is 0. The minimum absolute atomic E-state index is 0.182. The van der Waals surface area contributed by atoms with Crippen molar-refractivity contribution in [2.75, 3.05) is 0 Å². The molecule has 2 aromatic rings. The van der Waals surface area contributed by atoms with Gasteiger partial charge in [0, 0.05) is 37.3 Å². The van der Waals surface area contributed by atoms with E-state index in [-0.39, 0.29) is 11.5 Å². The van der Waals surface area contributed by atoms with Crippen LogP contribution in [0.15, 0.2) is 42.7 Å². The van der Waals surface area contributed by atoms with Gasteiger partial charge in [-0.25, -0.2) is 4.98 Å². The highest BCUT2D eigenvalue weighted by Crippen LogP contribution is 2.51. The second-order valence-corrected chi connectivity index (χ2v) is 5.40. The standard InChI is InChI=1S/C15H20N4/c1-19-10-9-17-14(19)11-13(18-16)15(7-8-15)12-5-3-2-4-6-12/h2-6,9-10,13,18H,7-8,11,16H2,1H3. The Morgan fingerprint density at radius 3 is 2.63 bits per heavy atom. The number of aromatic nitrogens is 2. The van der Waals surface area contributed by atoms with Gasteiger partial charge >= 0.3 is 0 Å². The summed E-state index contributed by atoms with van der Waals surface area (Å²) in [5, 5.41) is 0. The van der Waals surface area contributed by atoms with E-state index < -0.39 is 0 Å². The van der Waals surface area contributed by atoms with Gasteiger partial charge in [-0.15, -0.1) is 0 Å². The van der Waals surface area contributed by atoms with E-state index in [4.69, 9.17) is 5.84 Å². The summed E-state index contributed by atoms with van der Waals surface area (Å²) >= 11 is 0. The number of nitrogens with two attached hydrogens (primary N) is 1. The highest BCUT2D eigenvalue weighted by Gasteiger charge is 2.50. The number of hydrogen-bond donors (Lipinski definition) is 2. The molecule has 4 nitrogen and oxygen atoms in total. The SMILES string of the molecule is Cn1ccnc1CC(NN)C1(c2ccccc2)CC1. The summed E-state index contributed by atoms with van der Waals surface area (Å²) in [4.78, 5) is 4.41. The van der Waals surface area contributed by atoms with Gasteiger partial charge in [0.2, 0.25) is 0 Å². The first kappa shape index (κ1) is 12.4. The van der Waals surface area contributed by atoms with Crippen LogP contribution in [0.4, 0.5) is 0 Å². The Morgan fingerprint density at radius 1 is 1.37 bits per heavy atom. The second kappa shape index (κ2) is 4.79. The van der Waals surface area contributed by atoms with Gasteiger partial charge < -0.3 is 4.57 Å². The van der Waals surface area contributed by atoms with Crippen LogP contribution in [-0.4, -0.2) is 15.6 Å². The molecule has 1 saturated carbocycles. The molecular weight excluding hydrogens is 236 g/mol. The fraction of sp³-hybridized carbons (Fsp3) is 0.400. The Labute approximate surface area is 113 Å². The minimum atomic E-state index is 0.182. The molecule has 1 atom stereocenters. The molecule has 1 aromatic carbocycles. The fourth-order valence-electron chi connectivity index (χ4n) is 2.93. The quantitative estimate of drug-likeness (QED) is 0.630. The Balaban J connectivity index is 1.85. The molecule has 4 heteroatoms. The van der Waals surface area contributed by atoms with E-state index in [9.17, 15) is 0 Å². The highest BCUT2D eigenvalue weighted by atomic mass is 15.2. The Morgan fingerprint density at radius 2 is 2.11 bits per heavy atom. The summed E-state index contributed by atoms with van der Waals surface area (Å²) in [5.74, 6) is 6.89. The molecule has 19 heavy (non-hydrogen) atoms. The Bertz CT molecular complexity index is 542. The summed E-state index contributed by atoms with van der Waals surface area (Å²) in [6.07, 6.45) is 7.05. The average molecular weight is 256 g/mol. The van der Waals surface area contributed by atoms with Gasteiger partial charge in [0.25, 0.3) is 0 Å². The van der Waals surface area contributed by atoms with E-state index >= 15 is 0 Å². The summed E-state index contributed by atoms with van der Waals surface area (Å²) in [6, 6.07) is 10.9. The van der Waals surface area contributed by atoms with Crippen molar-refractivity contribution in [2.45, 2.75) is 30.7 Å². The minimum Gasteiger partial charge on any atom is -0.338 e. The van der Waals surface area contributed by atoms with Crippen molar-refractivity contribution in [1.82, 2.24) is 15.0 Å². The van der Waals surface area contributed by atoms with E-state index in [0.29, 0.717) is 0 Å². The second-order valence-electron chi connectivity index (χ2n) is 5.40. The molecule has 0 radical (unpaired) electrons. The number of nitrogens with zero attached hydrogens (tertiary/aromatic N) is 2. The van der Waals surface area contributed by atoms with Crippen LogP contribution in [0, 0.1) is 0 Å². The molecule has 3 N–H and O–H groups in total. The number of hydrogen-bond acceptors (Lipinski definition) is 3. The molecule has 1 heterocycles. The van der Waals surface area contributed by atoms with Crippen molar-refractivity contribution in [3.63, 3.8) is 0 Å². The van der Waals surface area contributed by atoms with Gasteiger partial charge in [0.15, 0.2) is 0 Å². The van der Waals surface area contributed by atoms with E-state index in [1.807, 2.05) is 19.4 Å². The van der Waals surface area contributed by atoms with Gasteiger partial charge in [-0.1, -0.05) is 30.3 Å². The number of imidazole rings is 1. The lowest BCUT2D eigenvalue weighted by Crippen LogP contribution is -2.46. The first-order chi connectivity index (χ1) is 9.26. The molecule has 100 valence electrons. The third-order valence-electron chi connectivity index (χ3n) is 4.31. The maximum atomic E-state index is 5.82. The van der Waals surface area contributed by atoms with Crippen molar-refractivity contribution in [1.29, 1.82) is 0 Å². The summed E-state index contributed by atoms with van der Waals surface area (Å²) in [7, 11) is 2.03. The Kier molecular flexibility index (Phi) is 3.12. The van der Waals surface area contributed by atoms with Crippen LogP contribution < -0.4 is 11.3 Å². The number of benzene rings is 1. The van der Waals surface area contributed by atoms with Crippen LogP contribution in [0.3, 0.4) is 0 Å². The first-order valence-corrected chi connectivity index (χ1v) is 6.74. The molecule has 1 aliphatic carbocycles. The van der Waals surface area contributed by atoms with Gasteiger partial charge in [0.05, 0.1) is 0 Å². The maximum Gasteiger partial charge on any atom is 0.110 e. The molecule has 0 saturated heterocycles. The van der Waals surface area contributed by atoms with Crippen LogP contribution in [0.5, 0.6) is 0 Å². The predicted molar refractivity (Wildman–Crippen MR) is 75.4 cm³/mol. The van der Waals surface area contributed by atoms with Crippen molar-refractivity contribution in [2.24, 2.45) is 12.9 Å². The van der Waals surface area contributed by atoms with Crippen molar-refractivity contribution >= 4 is 0 Å². The Hall–Kier alpha value is -1.65. The molecule has 0 bridgehead atoms. The smallest absolute Gasteiger partial charge is 0.110 e. The molecule has 0 spiro atoms. The lowest BCUT2D eigenvalue weighted by Gasteiger charge is -2.26. The van der Waals surface area contributed by atoms with Crippen LogP contribution in [0.1, 0.15) is 24.2 Å². The highest BCUT2D eigenvalue weighted by molar-refractivity contribution is 5.34. The topological polar surface area (TPSA) is 55.9 Å². The van der Waals surface area contributed by atoms with E-state index in [1.165, 1.54) is 18.4 Å². The summed E-state index contributed by atoms with van der Waals surface area (Å²) < 4.78 is 2.06. The number of rotatable bonds is 5. The van der Waals surface area contributed by atoms with Crippen molar-refractivity contribution < 1.29 is 0 Å². The van der Waals surface area contributed by atoms with Crippen molar-refractivity contribution in [3.05, 3.63) is 54.1 Å². The monoisotopic (exact) mass is 256 g/mol. The van der Waals surface area contributed by atoms with E-state index in [1.54, 1.807) is 0 Å². The molecule has 1 aliphatic rings. The zero-order valence-electron chi connectivity index (χ0n) is 11.2. The normalized spacial score (nSPS) is 18.2. The predicted octanol–water partition coefficient (Wildman–Crippen LogP) is 1.53. The zero-order chi connectivity index (χ0) is 13.3. The average Bonchev–Trinajstić information content (AvgIpc) is 3.16. The largest absolute Gasteiger partial charge is 0.338 e. The maximum absolute atomic E-state index is 5.82. The first-order valence-electron chi connectivity index (χ1n) is 6.74. The molecule has 1 fully saturated rings. The molecule has 0 aliphatic heterocycles. The number of aryl methyl sites for hydroxylation is 1. The molecule has 1 aromatic heterocycles. The zero-order valence-corrected chi connectivity index (χ0v) is 11.2. The van der Waals surface area contributed by atoms with Crippen molar-refractivity contribution in [3.8, 4) is 0 Å². The van der Waals surface area contributed by atoms with E-state index in [2.05, 4.69) is 45.3 Å². The molecule has 1 unspecified atom stereocenters. The van der Waals surface area contributed by atoms with Gasteiger partial charge in [-0.2, -0.15) is 0 Å². The van der Waals surface area contributed by atoms with Crippen LogP contribution in [0.25, 0.3) is 0 Å². The van der Waals surface area contributed by atoms with E-state index in [0.717, 1.165) is 12.2 Å².